The zero-order chi connectivity index (χ0) is 24.7. The number of halogens is 2. The number of carbonyl (C=O) groups is 2. The van der Waals surface area contributed by atoms with Gasteiger partial charge in [-0.1, -0.05) is 41.0 Å². The van der Waals surface area contributed by atoms with Crippen molar-refractivity contribution in [1.82, 2.24) is 20.1 Å². The third kappa shape index (κ3) is 6.20. The van der Waals surface area contributed by atoms with Gasteiger partial charge in [0.15, 0.2) is 11.0 Å². The minimum Gasteiger partial charge on any atom is -0.497 e. The van der Waals surface area contributed by atoms with Crippen LogP contribution in [-0.4, -0.2) is 51.2 Å². The van der Waals surface area contributed by atoms with Crippen LogP contribution in [0.15, 0.2) is 47.6 Å². The van der Waals surface area contributed by atoms with Crippen molar-refractivity contribution in [2.75, 3.05) is 24.8 Å². The molecule has 3 N–H and O–H groups in total. The molecule has 0 radical (unpaired) electrons. The monoisotopic (exact) mass is 523 g/mol. The molecule has 0 aliphatic heterocycles. The highest BCUT2D eigenvalue weighted by Gasteiger charge is 2.23. The number of carbonyl (C=O) groups excluding carboxylic acids is 2. The molecule has 0 aliphatic rings. The normalized spacial score (nSPS) is 11.7. The van der Waals surface area contributed by atoms with Crippen molar-refractivity contribution in [3.05, 3.63) is 63.9 Å². The Morgan fingerprint density at radius 1 is 1.18 bits per heavy atom. The van der Waals surface area contributed by atoms with Crippen LogP contribution >= 0.6 is 35.0 Å². The van der Waals surface area contributed by atoms with Crippen LogP contribution in [0.25, 0.3) is 0 Å². The fourth-order valence-electron chi connectivity index (χ4n) is 3.05. The van der Waals surface area contributed by atoms with Crippen molar-refractivity contribution in [3.8, 4) is 5.75 Å². The quantitative estimate of drug-likeness (QED) is 0.345. The Balaban J connectivity index is 1.67. The number of hydrogen-bond acceptors (Lipinski definition) is 7. The van der Waals surface area contributed by atoms with Crippen LogP contribution in [0.3, 0.4) is 0 Å². The van der Waals surface area contributed by atoms with Gasteiger partial charge in [0.25, 0.3) is 5.91 Å². The summed E-state index contributed by atoms with van der Waals surface area (Å²) < 4.78 is 6.84. The molecule has 180 valence electrons. The molecule has 1 atom stereocenters. The average Bonchev–Trinajstić information content (AvgIpc) is 3.26. The minimum absolute atomic E-state index is 0.0446. The highest BCUT2D eigenvalue weighted by molar-refractivity contribution is 7.99. The molecule has 0 unspecified atom stereocenters. The Labute approximate surface area is 210 Å². The summed E-state index contributed by atoms with van der Waals surface area (Å²) >= 11 is 13.3. The Hall–Kier alpha value is -2.79. The molecule has 2 amide bonds. The van der Waals surface area contributed by atoms with E-state index in [0.717, 1.165) is 0 Å². The van der Waals surface area contributed by atoms with Crippen LogP contribution < -0.4 is 15.4 Å². The summed E-state index contributed by atoms with van der Waals surface area (Å²) in [5, 5.41) is 24.8. The first kappa shape index (κ1) is 25.8. The van der Waals surface area contributed by atoms with Crippen LogP contribution in [-0.2, 0) is 11.3 Å². The Bertz CT molecular complexity index is 1160. The van der Waals surface area contributed by atoms with Gasteiger partial charge in [-0.05, 0) is 43.3 Å². The zero-order valence-corrected chi connectivity index (χ0v) is 20.7. The topological polar surface area (TPSA) is 118 Å². The van der Waals surface area contributed by atoms with Gasteiger partial charge in [-0.3, -0.25) is 9.59 Å². The summed E-state index contributed by atoms with van der Waals surface area (Å²) in [4.78, 5) is 25.0. The number of nitrogens with one attached hydrogen (secondary N) is 2. The van der Waals surface area contributed by atoms with Gasteiger partial charge < -0.3 is 25.0 Å². The minimum atomic E-state index is -0.782. The van der Waals surface area contributed by atoms with Gasteiger partial charge >= 0.3 is 0 Å². The van der Waals surface area contributed by atoms with Crippen molar-refractivity contribution >= 4 is 52.5 Å². The summed E-state index contributed by atoms with van der Waals surface area (Å²) in [7, 11) is 1.54. The molecule has 9 nitrogen and oxygen atoms in total. The standard InChI is InChI=1S/C22H23Cl2N5O4S/c1-3-29-20(17(11-30)26-21(32)13-7-9-14(33-2)10-8-13)27-28-22(29)34-12-18(31)25-16-6-4-5-15(23)19(16)24/h4-10,17,30H,3,11-12H2,1-2H3,(H,25,31)(H,26,32)/t17-/m0/s1. The summed E-state index contributed by atoms with van der Waals surface area (Å²) in [5.74, 6) is 0.382. The molecular weight excluding hydrogens is 501 g/mol. The van der Waals surface area contributed by atoms with Crippen molar-refractivity contribution < 1.29 is 19.4 Å². The Morgan fingerprint density at radius 2 is 1.91 bits per heavy atom. The second-order valence-corrected chi connectivity index (χ2v) is 8.69. The first-order chi connectivity index (χ1) is 16.4. The van der Waals surface area contributed by atoms with Crippen molar-refractivity contribution in [2.45, 2.75) is 24.7 Å². The molecule has 0 fully saturated rings. The molecular formula is C22H23Cl2N5O4S. The molecule has 34 heavy (non-hydrogen) atoms. The molecule has 1 aromatic heterocycles. The third-order valence-electron chi connectivity index (χ3n) is 4.77. The second kappa shape index (κ2) is 12.1. The molecule has 3 aromatic rings. The number of methoxy groups -OCH3 is 1. The van der Waals surface area contributed by atoms with E-state index in [4.69, 9.17) is 27.9 Å². The van der Waals surface area contributed by atoms with E-state index in [-0.39, 0.29) is 29.2 Å². The van der Waals surface area contributed by atoms with Crippen LogP contribution in [0.5, 0.6) is 5.75 Å². The van der Waals surface area contributed by atoms with Gasteiger partial charge in [-0.25, -0.2) is 0 Å². The van der Waals surface area contributed by atoms with Gasteiger partial charge in [0.1, 0.15) is 11.8 Å². The van der Waals surface area contributed by atoms with Crippen molar-refractivity contribution in [2.24, 2.45) is 0 Å². The van der Waals surface area contributed by atoms with Crippen LogP contribution in [0.4, 0.5) is 5.69 Å². The van der Waals surface area contributed by atoms with Crippen LogP contribution in [0, 0.1) is 0 Å². The first-order valence-corrected chi connectivity index (χ1v) is 12.0. The molecule has 0 spiro atoms. The average molecular weight is 524 g/mol. The van der Waals surface area contributed by atoms with Gasteiger partial charge in [0.2, 0.25) is 5.91 Å². The second-order valence-electron chi connectivity index (χ2n) is 6.96. The molecule has 0 bridgehead atoms. The number of aromatic nitrogens is 3. The number of thioether (sulfide) groups is 1. The lowest BCUT2D eigenvalue weighted by atomic mass is 10.2. The Kier molecular flexibility index (Phi) is 9.17. The van der Waals surface area contributed by atoms with Crippen molar-refractivity contribution in [1.29, 1.82) is 0 Å². The molecule has 3 rings (SSSR count). The van der Waals surface area contributed by atoms with E-state index in [1.807, 2.05) is 6.92 Å². The maximum atomic E-state index is 12.6. The number of rotatable bonds is 10. The van der Waals surface area contributed by atoms with Gasteiger partial charge in [-0.15, -0.1) is 10.2 Å². The highest BCUT2D eigenvalue weighted by Crippen LogP contribution is 2.30. The van der Waals surface area contributed by atoms with E-state index in [9.17, 15) is 14.7 Å². The summed E-state index contributed by atoms with van der Waals surface area (Å²) in [6, 6.07) is 10.8. The van der Waals surface area contributed by atoms with E-state index in [2.05, 4.69) is 20.8 Å². The predicted octanol–water partition coefficient (Wildman–Crippen LogP) is 3.81. The van der Waals surface area contributed by atoms with E-state index in [0.29, 0.717) is 39.5 Å². The van der Waals surface area contributed by atoms with Gasteiger partial charge in [0, 0.05) is 12.1 Å². The van der Waals surface area contributed by atoms with Gasteiger partial charge in [-0.2, -0.15) is 0 Å². The van der Waals surface area contributed by atoms with E-state index < -0.39 is 6.04 Å². The maximum Gasteiger partial charge on any atom is 0.251 e. The summed E-state index contributed by atoms with van der Waals surface area (Å²) in [5.41, 5.74) is 0.826. The summed E-state index contributed by atoms with van der Waals surface area (Å²) in [6.07, 6.45) is 0. The third-order valence-corrected chi connectivity index (χ3v) is 6.56. The lowest BCUT2D eigenvalue weighted by Gasteiger charge is -2.17. The fraction of sp³-hybridized carbons (Fsp3) is 0.273. The van der Waals surface area contributed by atoms with Crippen LogP contribution in [0.1, 0.15) is 29.1 Å². The molecule has 0 saturated carbocycles. The van der Waals surface area contributed by atoms with E-state index in [1.54, 1.807) is 54.1 Å². The number of hydrogen-bond donors (Lipinski definition) is 3. The number of ether oxygens (including phenoxy) is 1. The SMILES string of the molecule is CCn1c(SCC(=O)Nc2cccc(Cl)c2Cl)nnc1[C@H](CO)NC(=O)c1ccc(OC)cc1. The summed E-state index contributed by atoms with van der Waals surface area (Å²) in [6.45, 7) is 1.97. The lowest BCUT2D eigenvalue weighted by molar-refractivity contribution is -0.113. The predicted molar refractivity (Wildman–Crippen MR) is 132 cm³/mol. The Morgan fingerprint density at radius 3 is 2.56 bits per heavy atom. The van der Waals surface area contributed by atoms with E-state index in [1.165, 1.54) is 11.8 Å². The lowest BCUT2D eigenvalue weighted by Crippen LogP contribution is -2.32. The molecule has 0 aliphatic carbocycles. The van der Waals surface area contributed by atoms with Gasteiger partial charge in [0.05, 0.1) is 35.2 Å². The van der Waals surface area contributed by atoms with E-state index >= 15 is 0 Å². The highest BCUT2D eigenvalue weighted by atomic mass is 35.5. The number of nitrogens with zero attached hydrogens (tertiary/aromatic N) is 3. The number of benzene rings is 2. The van der Waals surface area contributed by atoms with Crippen LogP contribution in [0.2, 0.25) is 10.0 Å². The molecule has 2 aromatic carbocycles. The molecule has 0 saturated heterocycles. The van der Waals surface area contributed by atoms with Crippen molar-refractivity contribution in [3.63, 3.8) is 0 Å². The fourth-order valence-corrected chi connectivity index (χ4v) is 4.21. The number of aliphatic hydroxyl groups is 1. The molecule has 1 heterocycles. The smallest absolute Gasteiger partial charge is 0.251 e. The molecule has 12 heteroatoms. The largest absolute Gasteiger partial charge is 0.497 e. The number of amides is 2. The number of aliphatic hydroxyl groups excluding tert-OH is 1. The first-order valence-electron chi connectivity index (χ1n) is 10.2. The number of anilines is 1. The zero-order valence-electron chi connectivity index (χ0n) is 18.4. The maximum absolute atomic E-state index is 12.6.